The number of amides is 1. The Kier molecular flexibility index (Phi) is 3.39. The maximum Gasteiger partial charge on any atom is 0.231 e. The van der Waals surface area contributed by atoms with E-state index < -0.39 is 0 Å². The van der Waals surface area contributed by atoms with Gasteiger partial charge in [0.25, 0.3) is 0 Å². The van der Waals surface area contributed by atoms with Gasteiger partial charge in [-0.25, -0.2) is 0 Å². The number of aromatic amines is 1. The summed E-state index contributed by atoms with van der Waals surface area (Å²) in [5.41, 5.74) is 7.44. The van der Waals surface area contributed by atoms with Crippen LogP contribution < -0.4 is 11.1 Å². The van der Waals surface area contributed by atoms with Crippen LogP contribution in [-0.2, 0) is 10.2 Å². The summed E-state index contributed by atoms with van der Waals surface area (Å²) in [6.45, 7) is 5.22. The van der Waals surface area contributed by atoms with Crippen molar-refractivity contribution >= 4 is 16.8 Å². The number of nitrogens with one attached hydrogen (secondary N) is 2. The van der Waals surface area contributed by atoms with Gasteiger partial charge >= 0.3 is 0 Å². The minimum Gasteiger partial charge on any atom is -0.369 e. The lowest BCUT2D eigenvalue weighted by atomic mass is 9.84. The second kappa shape index (κ2) is 4.82. The summed E-state index contributed by atoms with van der Waals surface area (Å²) in [4.78, 5) is 14.0. The lowest BCUT2D eigenvalue weighted by Crippen LogP contribution is -2.37. The van der Waals surface area contributed by atoms with E-state index in [4.69, 9.17) is 5.73 Å². The van der Waals surface area contributed by atoms with Gasteiger partial charge in [-0.2, -0.15) is 0 Å². The molecule has 1 heterocycles. The molecule has 96 valence electrons. The fraction of sp³-hybridized carbons (Fsp3) is 0.357. The largest absolute Gasteiger partial charge is 0.369 e. The third kappa shape index (κ3) is 2.54. The third-order valence-electron chi connectivity index (χ3n) is 3.18. The number of nitrogens with two attached hydrogens (primary N) is 1. The summed E-state index contributed by atoms with van der Waals surface area (Å²) in [5, 5.41) is 4.32. The number of carbonyl (C=O) groups excluding carboxylic acids is 1. The van der Waals surface area contributed by atoms with Crippen molar-refractivity contribution in [3.8, 4) is 0 Å². The second-order valence-corrected chi connectivity index (χ2v) is 5.20. The first kappa shape index (κ1) is 12.6. The molecule has 4 nitrogen and oxygen atoms in total. The van der Waals surface area contributed by atoms with Gasteiger partial charge in [0.15, 0.2) is 0 Å². The molecular weight excluding hydrogens is 226 g/mol. The van der Waals surface area contributed by atoms with Crippen molar-refractivity contribution in [3.05, 3.63) is 36.0 Å². The first-order valence-corrected chi connectivity index (χ1v) is 6.06. The van der Waals surface area contributed by atoms with Crippen LogP contribution in [0, 0.1) is 0 Å². The Morgan fingerprint density at radius 2 is 2.11 bits per heavy atom. The van der Waals surface area contributed by atoms with Crippen LogP contribution in [0.4, 0.5) is 0 Å². The first-order chi connectivity index (χ1) is 8.50. The molecular formula is C14H19N3O. The fourth-order valence-electron chi connectivity index (χ4n) is 2.22. The zero-order chi connectivity index (χ0) is 13.2. The van der Waals surface area contributed by atoms with Crippen LogP contribution in [0.5, 0.6) is 0 Å². The van der Waals surface area contributed by atoms with Gasteiger partial charge in [-0.15, -0.1) is 0 Å². The minimum atomic E-state index is -0.329. The molecule has 0 fully saturated rings. The zero-order valence-corrected chi connectivity index (χ0v) is 10.8. The summed E-state index contributed by atoms with van der Waals surface area (Å²) in [6, 6.07) is 8.22. The van der Waals surface area contributed by atoms with Gasteiger partial charge in [0.05, 0.1) is 6.54 Å². The predicted molar refractivity (Wildman–Crippen MR) is 73.4 cm³/mol. The predicted octanol–water partition coefficient (Wildman–Crippen LogP) is 1.52. The molecule has 1 amide bonds. The van der Waals surface area contributed by atoms with Crippen LogP contribution in [0.15, 0.2) is 30.5 Å². The summed E-state index contributed by atoms with van der Waals surface area (Å²) < 4.78 is 0. The van der Waals surface area contributed by atoms with Gasteiger partial charge in [-0.05, 0) is 11.6 Å². The van der Waals surface area contributed by atoms with Crippen molar-refractivity contribution < 1.29 is 4.79 Å². The molecule has 0 atom stereocenters. The molecule has 18 heavy (non-hydrogen) atoms. The molecule has 1 aromatic heterocycles. The number of benzene rings is 1. The number of H-pyrrole nitrogens is 1. The van der Waals surface area contributed by atoms with Crippen molar-refractivity contribution in [1.82, 2.24) is 10.3 Å². The second-order valence-electron chi connectivity index (χ2n) is 5.20. The number of aromatic nitrogens is 1. The normalized spacial score (nSPS) is 11.9. The first-order valence-electron chi connectivity index (χ1n) is 6.06. The van der Waals surface area contributed by atoms with Gasteiger partial charge in [0, 0.05) is 29.1 Å². The minimum absolute atomic E-state index is 0.0605. The third-order valence-corrected chi connectivity index (χ3v) is 3.18. The summed E-state index contributed by atoms with van der Waals surface area (Å²) >= 11 is 0. The van der Waals surface area contributed by atoms with Crippen molar-refractivity contribution in [3.63, 3.8) is 0 Å². The molecule has 0 spiro atoms. The number of hydrogen-bond acceptors (Lipinski definition) is 2. The molecule has 0 aliphatic carbocycles. The summed E-state index contributed by atoms with van der Waals surface area (Å²) in [7, 11) is 0. The number of fused-ring (bicyclic) bond motifs is 1. The number of hydrogen-bond donors (Lipinski definition) is 3. The van der Waals surface area contributed by atoms with Gasteiger partial charge in [0.1, 0.15) is 0 Å². The van der Waals surface area contributed by atoms with Crippen molar-refractivity contribution in [1.29, 1.82) is 0 Å². The maximum absolute atomic E-state index is 10.7. The van der Waals surface area contributed by atoms with E-state index in [-0.39, 0.29) is 17.9 Å². The van der Waals surface area contributed by atoms with Crippen molar-refractivity contribution in [2.75, 3.05) is 13.1 Å². The molecule has 0 aliphatic rings. The number of rotatable bonds is 5. The highest BCUT2D eigenvalue weighted by Crippen LogP contribution is 2.29. The highest BCUT2D eigenvalue weighted by molar-refractivity contribution is 5.84. The highest BCUT2D eigenvalue weighted by atomic mass is 16.1. The number of primary amides is 1. The molecule has 2 aromatic rings. The van der Waals surface area contributed by atoms with Crippen LogP contribution in [0.3, 0.4) is 0 Å². The van der Waals surface area contributed by atoms with E-state index in [9.17, 15) is 4.79 Å². The Hall–Kier alpha value is -1.81. The van der Waals surface area contributed by atoms with Crippen LogP contribution in [0.25, 0.3) is 10.9 Å². The summed E-state index contributed by atoms with van der Waals surface area (Å²) in [6.07, 6.45) is 2.04. The Morgan fingerprint density at radius 1 is 1.39 bits per heavy atom. The topological polar surface area (TPSA) is 70.9 Å². The van der Waals surface area contributed by atoms with Crippen LogP contribution in [0.1, 0.15) is 19.4 Å². The molecule has 2 rings (SSSR count). The average Bonchev–Trinajstić information content (AvgIpc) is 2.72. The van der Waals surface area contributed by atoms with E-state index in [2.05, 4.69) is 36.3 Å². The van der Waals surface area contributed by atoms with Gasteiger partial charge in [0.2, 0.25) is 5.91 Å². The zero-order valence-electron chi connectivity index (χ0n) is 10.8. The van der Waals surface area contributed by atoms with E-state index in [0.29, 0.717) is 6.54 Å². The molecule has 0 aliphatic heterocycles. The van der Waals surface area contributed by atoms with Crippen molar-refractivity contribution in [2.24, 2.45) is 5.73 Å². The Bertz CT molecular complexity index is 557. The van der Waals surface area contributed by atoms with Gasteiger partial charge in [-0.1, -0.05) is 32.0 Å². The molecule has 0 bridgehead atoms. The van der Waals surface area contributed by atoms with Crippen LogP contribution in [-0.4, -0.2) is 24.0 Å². The average molecular weight is 245 g/mol. The van der Waals surface area contributed by atoms with E-state index >= 15 is 0 Å². The van der Waals surface area contributed by atoms with Crippen molar-refractivity contribution in [2.45, 2.75) is 19.3 Å². The molecule has 0 unspecified atom stereocenters. The monoisotopic (exact) mass is 245 g/mol. The SMILES string of the molecule is CC(C)(CNCC(N)=O)c1c[nH]c2ccccc12. The molecule has 4 heteroatoms. The lowest BCUT2D eigenvalue weighted by Gasteiger charge is -2.24. The van der Waals surface area contributed by atoms with E-state index in [1.807, 2.05) is 18.3 Å². The summed E-state index contributed by atoms with van der Waals surface area (Å²) in [5.74, 6) is -0.329. The molecule has 0 radical (unpaired) electrons. The highest BCUT2D eigenvalue weighted by Gasteiger charge is 2.23. The quantitative estimate of drug-likeness (QED) is 0.747. The van der Waals surface area contributed by atoms with Gasteiger partial charge < -0.3 is 16.0 Å². The van der Waals surface area contributed by atoms with Crippen LogP contribution in [0.2, 0.25) is 0 Å². The van der Waals surface area contributed by atoms with E-state index in [1.54, 1.807) is 0 Å². The van der Waals surface area contributed by atoms with Gasteiger partial charge in [-0.3, -0.25) is 4.79 Å². The Labute approximate surface area is 107 Å². The smallest absolute Gasteiger partial charge is 0.231 e. The molecule has 4 N–H and O–H groups in total. The van der Waals surface area contributed by atoms with Crippen LogP contribution >= 0.6 is 0 Å². The number of carbonyl (C=O) groups is 1. The Morgan fingerprint density at radius 3 is 2.83 bits per heavy atom. The molecule has 1 aromatic carbocycles. The van der Waals surface area contributed by atoms with E-state index in [1.165, 1.54) is 10.9 Å². The molecule has 0 saturated carbocycles. The lowest BCUT2D eigenvalue weighted by molar-refractivity contribution is -0.117. The Balaban J connectivity index is 2.20. The maximum atomic E-state index is 10.7. The fourth-order valence-corrected chi connectivity index (χ4v) is 2.22. The van der Waals surface area contributed by atoms with E-state index in [0.717, 1.165) is 5.52 Å². The standard InChI is InChI=1S/C14H19N3O/c1-14(2,9-16-8-13(15)18)11-7-17-12-6-4-3-5-10(11)12/h3-7,16-17H,8-9H2,1-2H3,(H2,15,18). The number of para-hydroxylation sites is 1. The molecule has 0 saturated heterocycles.